The molecule has 4 rings (SSSR count). The van der Waals surface area contributed by atoms with E-state index in [0.29, 0.717) is 39.1 Å². The van der Waals surface area contributed by atoms with E-state index >= 15 is 0 Å². The van der Waals surface area contributed by atoms with Crippen LogP contribution in [-0.2, 0) is 18.7 Å². The average molecular weight is 461 g/mol. The molecule has 0 saturated heterocycles. The number of ether oxygens (including phenoxy) is 1. The molecule has 0 atom stereocenters. The number of benzene rings is 2. The predicted molar refractivity (Wildman–Crippen MR) is 122 cm³/mol. The highest BCUT2D eigenvalue weighted by Crippen LogP contribution is 2.26. The van der Waals surface area contributed by atoms with Crippen molar-refractivity contribution < 1.29 is 9.13 Å². The predicted octanol–water partition coefficient (Wildman–Crippen LogP) is 5.79. The Bertz CT molecular complexity index is 1240. The molecular formula is C22H18ClFN2O2S2. The molecule has 0 aliphatic carbocycles. The Morgan fingerprint density at radius 2 is 1.93 bits per heavy atom. The second-order valence-electron chi connectivity index (χ2n) is 6.62. The molecule has 0 fully saturated rings. The summed E-state index contributed by atoms with van der Waals surface area (Å²) in [5, 5.41) is 3.17. The summed E-state index contributed by atoms with van der Waals surface area (Å²) in [5.74, 6) is 0.294. The zero-order valence-corrected chi connectivity index (χ0v) is 18.5. The van der Waals surface area contributed by atoms with Gasteiger partial charge in [0.25, 0.3) is 5.56 Å². The van der Waals surface area contributed by atoms with Crippen molar-refractivity contribution in [2.24, 2.45) is 0 Å². The summed E-state index contributed by atoms with van der Waals surface area (Å²) in [6.45, 7) is 0.501. The maximum absolute atomic E-state index is 14.0. The van der Waals surface area contributed by atoms with Crippen LogP contribution in [0, 0.1) is 5.82 Å². The Kier molecular flexibility index (Phi) is 6.41. The standard InChI is InChI=1S/C22H18ClFN2O2S2/c1-28-19-7-4-15(12-17(19)24)13-30-22-25-18-9-11-29-20(18)21(27)26(22)10-8-14-2-5-16(23)6-3-14/h2-7,9,11-12H,8,10,13H2,1H3. The second-order valence-corrected chi connectivity index (χ2v) is 8.92. The quantitative estimate of drug-likeness (QED) is 0.258. The van der Waals surface area contributed by atoms with E-state index in [1.165, 1.54) is 36.3 Å². The lowest BCUT2D eigenvalue weighted by Gasteiger charge is -2.12. The fraction of sp³-hybridized carbons (Fsp3) is 0.182. The summed E-state index contributed by atoms with van der Waals surface area (Å²) in [4.78, 5) is 17.7. The molecule has 0 unspecified atom stereocenters. The lowest BCUT2D eigenvalue weighted by atomic mass is 10.1. The summed E-state index contributed by atoms with van der Waals surface area (Å²) >= 11 is 8.78. The SMILES string of the molecule is COc1ccc(CSc2nc3ccsc3c(=O)n2CCc2ccc(Cl)cc2)cc1F. The first-order chi connectivity index (χ1) is 14.5. The molecule has 154 valence electrons. The molecule has 0 aliphatic rings. The van der Waals surface area contributed by atoms with E-state index in [0.717, 1.165) is 11.1 Å². The van der Waals surface area contributed by atoms with Gasteiger partial charge in [0.15, 0.2) is 16.7 Å². The van der Waals surface area contributed by atoms with Gasteiger partial charge < -0.3 is 4.74 Å². The van der Waals surface area contributed by atoms with Crippen LogP contribution in [0.4, 0.5) is 4.39 Å². The highest BCUT2D eigenvalue weighted by molar-refractivity contribution is 7.98. The van der Waals surface area contributed by atoms with Crippen molar-refractivity contribution in [2.45, 2.75) is 23.9 Å². The summed E-state index contributed by atoms with van der Waals surface area (Å²) in [5.41, 5.74) is 2.52. The van der Waals surface area contributed by atoms with Crippen LogP contribution in [0.15, 0.2) is 63.9 Å². The maximum Gasteiger partial charge on any atom is 0.272 e. The number of hydrogen-bond acceptors (Lipinski definition) is 5. The van der Waals surface area contributed by atoms with Gasteiger partial charge in [-0.25, -0.2) is 9.37 Å². The number of nitrogens with zero attached hydrogens (tertiary/aromatic N) is 2. The number of thioether (sulfide) groups is 1. The number of aromatic nitrogens is 2. The van der Waals surface area contributed by atoms with Crippen LogP contribution in [0.3, 0.4) is 0 Å². The third-order valence-electron chi connectivity index (χ3n) is 4.65. The van der Waals surface area contributed by atoms with Crippen molar-refractivity contribution in [3.8, 4) is 5.75 Å². The van der Waals surface area contributed by atoms with Crippen molar-refractivity contribution in [1.29, 1.82) is 0 Å². The monoisotopic (exact) mass is 460 g/mol. The van der Waals surface area contributed by atoms with Crippen LogP contribution in [-0.4, -0.2) is 16.7 Å². The summed E-state index contributed by atoms with van der Waals surface area (Å²) < 4.78 is 21.3. The maximum atomic E-state index is 14.0. The minimum absolute atomic E-state index is 0.0487. The van der Waals surface area contributed by atoms with Crippen LogP contribution >= 0.6 is 34.7 Å². The number of rotatable bonds is 7. The van der Waals surface area contributed by atoms with Crippen LogP contribution in [0.1, 0.15) is 11.1 Å². The Hall–Kier alpha value is -2.35. The average Bonchev–Trinajstić information content (AvgIpc) is 3.22. The lowest BCUT2D eigenvalue weighted by molar-refractivity contribution is 0.386. The van der Waals surface area contributed by atoms with Gasteiger partial charge >= 0.3 is 0 Å². The van der Waals surface area contributed by atoms with E-state index in [4.69, 9.17) is 21.3 Å². The van der Waals surface area contributed by atoms with E-state index in [-0.39, 0.29) is 11.3 Å². The van der Waals surface area contributed by atoms with Gasteiger partial charge in [0.05, 0.1) is 12.6 Å². The Morgan fingerprint density at radius 3 is 2.67 bits per heavy atom. The first kappa shape index (κ1) is 20.9. The molecule has 2 aromatic carbocycles. The first-order valence-corrected chi connectivity index (χ1v) is 11.5. The zero-order chi connectivity index (χ0) is 21.1. The van der Waals surface area contributed by atoms with Crippen molar-refractivity contribution in [3.63, 3.8) is 0 Å². The number of thiophene rings is 1. The topological polar surface area (TPSA) is 44.1 Å². The van der Waals surface area contributed by atoms with Crippen molar-refractivity contribution in [2.75, 3.05) is 7.11 Å². The molecular weight excluding hydrogens is 443 g/mol. The molecule has 0 radical (unpaired) electrons. The Balaban J connectivity index is 1.60. The van der Waals surface area contributed by atoms with Gasteiger partial charge in [-0.3, -0.25) is 9.36 Å². The molecule has 0 saturated carbocycles. The lowest BCUT2D eigenvalue weighted by Crippen LogP contribution is -2.23. The molecule has 0 N–H and O–H groups in total. The molecule has 0 spiro atoms. The molecule has 2 aromatic heterocycles. The van der Waals surface area contributed by atoms with Gasteiger partial charge in [0.2, 0.25) is 0 Å². The van der Waals surface area contributed by atoms with E-state index in [1.807, 2.05) is 41.8 Å². The normalized spacial score (nSPS) is 11.2. The van der Waals surface area contributed by atoms with Crippen LogP contribution < -0.4 is 10.3 Å². The number of methoxy groups -OCH3 is 1. The fourth-order valence-corrected chi connectivity index (χ4v) is 4.94. The Labute approximate surface area is 186 Å². The van der Waals surface area contributed by atoms with E-state index in [2.05, 4.69) is 0 Å². The molecule has 4 nitrogen and oxygen atoms in total. The van der Waals surface area contributed by atoms with Gasteiger partial charge in [-0.2, -0.15) is 0 Å². The summed E-state index contributed by atoms with van der Waals surface area (Å²) in [6, 6.07) is 14.3. The zero-order valence-electron chi connectivity index (χ0n) is 16.1. The number of halogens is 2. The second kappa shape index (κ2) is 9.20. The minimum Gasteiger partial charge on any atom is -0.494 e. The third-order valence-corrected chi connectivity index (χ3v) is 6.84. The molecule has 8 heteroatoms. The highest BCUT2D eigenvalue weighted by Gasteiger charge is 2.14. The van der Waals surface area contributed by atoms with Crippen molar-refractivity contribution in [1.82, 2.24) is 9.55 Å². The minimum atomic E-state index is -0.406. The number of hydrogen-bond donors (Lipinski definition) is 0. The van der Waals surface area contributed by atoms with Crippen molar-refractivity contribution >= 4 is 44.9 Å². The van der Waals surface area contributed by atoms with Crippen LogP contribution in [0.25, 0.3) is 10.2 Å². The molecule has 4 aromatic rings. The molecule has 0 aliphatic heterocycles. The van der Waals surface area contributed by atoms with Gasteiger partial charge in [-0.15, -0.1) is 11.3 Å². The Morgan fingerprint density at radius 1 is 1.17 bits per heavy atom. The molecule has 0 amide bonds. The van der Waals surface area contributed by atoms with Gasteiger partial charge in [0.1, 0.15) is 4.70 Å². The molecule has 0 bridgehead atoms. The molecule has 2 heterocycles. The van der Waals surface area contributed by atoms with Gasteiger partial charge in [0, 0.05) is 17.3 Å². The third kappa shape index (κ3) is 4.53. The summed E-state index contributed by atoms with van der Waals surface area (Å²) in [7, 11) is 1.44. The van der Waals surface area contributed by atoms with Crippen LogP contribution in [0.2, 0.25) is 5.02 Å². The first-order valence-electron chi connectivity index (χ1n) is 9.23. The van der Waals surface area contributed by atoms with Gasteiger partial charge in [-0.1, -0.05) is 41.6 Å². The summed E-state index contributed by atoms with van der Waals surface area (Å²) in [6.07, 6.45) is 0.681. The van der Waals surface area contributed by atoms with Gasteiger partial charge in [-0.05, 0) is 53.3 Å². The van der Waals surface area contributed by atoms with E-state index < -0.39 is 5.82 Å². The van der Waals surface area contributed by atoms with E-state index in [9.17, 15) is 9.18 Å². The highest BCUT2D eigenvalue weighted by atomic mass is 35.5. The number of aryl methyl sites for hydroxylation is 1. The van der Waals surface area contributed by atoms with Crippen LogP contribution in [0.5, 0.6) is 5.75 Å². The largest absolute Gasteiger partial charge is 0.494 e. The van der Waals surface area contributed by atoms with Crippen molar-refractivity contribution in [3.05, 3.63) is 86.2 Å². The molecule has 30 heavy (non-hydrogen) atoms. The smallest absolute Gasteiger partial charge is 0.272 e. The fourth-order valence-electron chi connectivity index (χ4n) is 3.07. The van der Waals surface area contributed by atoms with E-state index in [1.54, 1.807) is 10.6 Å². The number of fused-ring (bicyclic) bond motifs is 1.